The lowest BCUT2D eigenvalue weighted by Gasteiger charge is -2.12. The minimum Gasteiger partial charge on any atom is -0.508 e. The molecule has 4 nitrogen and oxygen atoms in total. The average Bonchev–Trinajstić information content (AvgIpc) is 2.51. The second-order valence-corrected chi connectivity index (χ2v) is 5.18. The van der Waals surface area contributed by atoms with Gasteiger partial charge >= 0.3 is 0 Å². The van der Waals surface area contributed by atoms with E-state index in [-0.39, 0.29) is 5.75 Å². The van der Waals surface area contributed by atoms with E-state index in [4.69, 9.17) is 18.0 Å². The maximum atomic E-state index is 9.30. The first-order valence-electron chi connectivity index (χ1n) is 6.46. The minimum atomic E-state index is 0.224. The highest BCUT2D eigenvalue weighted by Gasteiger charge is 2.13. The Morgan fingerprint density at radius 2 is 1.71 bits per heavy atom. The van der Waals surface area contributed by atoms with Crippen LogP contribution in [0, 0.1) is 0 Å². The lowest BCUT2D eigenvalue weighted by Crippen LogP contribution is -2.14. The average molecular weight is 295 g/mol. The number of nitrogens with two attached hydrogens (primary N) is 1. The summed E-state index contributed by atoms with van der Waals surface area (Å²) in [5.74, 6) is 0.224. The van der Waals surface area contributed by atoms with E-state index < -0.39 is 0 Å². The summed E-state index contributed by atoms with van der Waals surface area (Å²) in [6.45, 7) is 0. The summed E-state index contributed by atoms with van der Waals surface area (Å²) in [7, 11) is 0. The van der Waals surface area contributed by atoms with Crippen LogP contribution in [0.3, 0.4) is 0 Å². The Labute approximate surface area is 127 Å². The fourth-order valence-electron chi connectivity index (χ4n) is 2.11. The maximum absolute atomic E-state index is 9.30. The SMILES string of the molecule is NC1=C(c2cnc(-c3ccc(O)cc3)cn2)C=CCC1=S. The summed E-state index contributed by atoms with van der Waals surface area (Å²) < 4.78 is 0. The first-order valence-corrected chi connectivity index (χ1v) is 6.87. The zero-order valence-corrected chi connectivity index (χ0v) is 12.0. The zero-order valence-electron chi connectivity index (χ0n) is 11.2. The molecule has 1 aliphatic carbocycles. The highest BCUT2D eigenvalue weighted by atomic mass is 32.1. The molecule has 0 saturated carbocycles. The molecule has 0 bridgehead atoms. The van der Waals surface area contributed by atoms with Crippen LogP contribution in [-0.2, 0) is 0 Å². The van der Waals surface area contributed by atoms with Crippen LogP contribution < -0.4 is 5.73 Å². The normalized spacial score (nSPS) is 14.6. The highest BCUT2D eigenvalue weighted by molar-refractivity contribution is 7.80. The van der Waals surface area contributed by atoms with Crippen molar-refractivity contribution < 1.29 is 5.11 Å². The van der Waals surface area contributed by atoms with Crippen molar-refractivity contribution in [2.75, 3.05) is 0 Å². The van der Waals surface area contributed by atoms with E-state index in [0.29, 0.717) is 17.8 Å². The van der Waals surface area contributed by atoms with Crippen LogP contribution in [0.15, 0.2) is 54.5 Å². The molecule has 3 rings (SSSR count). The standard InChI is InChI=1S/C16H13N3OS/c17-16-12(2-1-3-15(16)21)14-9-18-13(8-19-14)10-4-6-11(20)7-5-10/h1-2,4-9,20H,3,17H2. The van der Waals surface area contributed by atoms with Gasteiger partial charge in [0, 0.05) is 22.4 Å². The summed E-state index contributed by atoms with van der Waals surface area (Å²) >= 11 is 5.21. The molecule has 104 valence electrons. The Hall–Kier alpha value is -2.53. The summed E-state index contributed by atoms with van der Waals surface area (Å²) in [6, 6.07) is 6.83. The Morgan fingerprint density at radius 3 is 2.38 bits per heavy atom. The zero-order chi connectivity index (χ0) is 14.8. The first-order chi connectivity index (χ1) is 10.1. The van der Waals surface area contributed by atoms with Crippen LogP contribution in [0.5, 0.6) is 5.75 Å². The molecule has 1 aliphatic rings. The topological polar surface area (TPSA) is 72.0 Å². The third-order valence-electron chi connectivity index (χ3n) is 3.27. The molecule has 0 saturated heterocycles. The molecule has 0 amide bonds. The third-order valence-corrected chi connectivity index (χ3v) is 3.66. The molecule has 1 aromatic heterocycles. The number of aromatic hydroxyl groups is 1. The Bertz CT molecular complexity index is 746. The van der Waals surface area contributed by atoms with Crippen LogP contribution in [0.2, 0.25) is 0 Å². The number of benzene rings is 1. The summed E-state index contributed by atoms with van der Waals surface area (Å²) in [4.78, 5) is 9.55. The predicted molar refractivity (Wildman–Crippen MR) is 86.6 cm³/mol. The van der Waals surface area contributed by atoms with Crippen molar-refractivity contribution in [1.29, 1.82) is 0 Å². The number of hydrogen-bond acceptors (Lipinski definition) is 5. The van der Waals surface area contributed by atoms with Crippen LogP contribution >= 0.6 is 12.2 Å². The van der Waals surface area contributed by atoms with Gasteiger partial charge in [-0.25, -0.2) is 0 Å². The van der Waals surface area contributed by atoms with Crippen LogP contribution in [0.4, 0.5) is 0 Å². The summed E-state index contributed by atoms with van der Waals surface area (Å²) in [5, 5.41) is 9.30. The predicted octanol–water partition coefficient (Wildman–Crippen LogP) is 2.85. The maximum Gasteiger partial charge on any atom is 0.115 e. The molecule has 0 spiro atoms. The fraction of sp³-hybridized carbons (Fsp3) is 0.0625. The second-order valence-electron chi connectivity index (χ2n) is 4.69. The van der Waals surface area contributed by atoms with E-state index >= 15 is 0 Å². The number of thiocarbonyl (C=S) groups is 1. The van der Waals surface area contributed by atoms with Gasteiger partial charge < -0.3 is 10.8 Å². The van der Waals surface area contributed by atoms with Gasteiger partial charge in [-0.3, -0.25) is 9.97 Å². The number of rotatable bonds is 2. The molecule has 0 aliphatic heterocycles. The molecular weight excluding hydrogens is 282 g/mol. The van der Waals surface area contributed by atoms with E-state index in [2.05, 4.69) is 9.97 Å². The monoisotopic (exact) mass is 295 g/mol. The molecule has 0 atom stereocenters. The van der Waals surface area contributed by atoms with Crippen molar-refractivity contribution >= 4 is 22.7 Å². The lowest BCUT2D eigenvalue weighted by molar-refractivity contribution is 0.475. The molecule has 21 heavy (non-hydrogen) atoms. The molecular formula is C16H13N3OS. The van der Waals surface area contributed by atoms with Crippen molar-refractivity contribution in [3.8, 4) is 17.0 Å². The van der Waals surface area contributed by atoms with Crippen LogP contribution in [0.1, 0.15) is 12.1 Å². The van der Waals surface area contributed by atoms with Gasteiger partial charge in [-0.1, -0.05) is 24.4 Å². The van der Waals surface area contributed by atoms with E-state index in [1.165, 1.54) is 0 Å². The van der Waals surface area contributed by atoms with E-state index in [1.807, 2.05) is 12.2 Å². The molecule has 0 radical (unpaired) electrons. The Morgan fingerprint density at radius 1 is 1.05 bits per heavy atom. The van der Waals surface area contributed by atoms with Crippen molar-refractivity contribution in [1.82, 2.24) is 9.97 Å². The number of phenolic OH excluding ortho intramolecular Hbond substituents is 1. The van der Waals surface area contributed by atoms with E-state index in [9.17, 15) is 5.11 Å². The van der Waals surface area contributed by atoms with E-state index in [0.717, 1.165) is 21.7 Å². The van der Waals surface area contributed by atoms with Crippen LogP contribution in [0.25, 0.3) is 16.8 Å². The third kappa shape index (κ3) is 2.68. The van der Waals surface area contributed by atoms with E-state index in [1.54, 1.807) is 36.7 Å². The summed E-state index contributed by atoms with van der Waals surface area (Å²) in [5.41, 5.74) is 9.75. The van der Waals surface area contributed by atoms with Crippen LogP contribution in [-0.4, -0.2) is 19.9 Å². The van der Waals surface area contributed by atoms with Crippen molar-refractivity contribution in [3.05, 3.63) is 60.2 Å². The van der Waals surface area contributed by atoms with Crippen molar-refractivity contribution in [3.63, 3.8) is 0 Å². The molecule has 1 aromatic carbocycles. The quantitative estimate of drug-likeness (QED) is 0.834. The van der Waals surface area contributed by atoms with Gasteiger partial charge in [0.2, 0.25) is 0 Å². The fourth-order valence-corrected chi connectivity index (χ4v) is 2.31. The van der Waals surface area contributed by atoms with Gasteiger partial charge in [0.1, 0.15) is 5.75 Å². The number of nitrogens with zero attached hydrogens (tertiary/aromatic N) is 2. The molecule has 2 aromatic rings. The molecule has 5 heteroatoms. The van der Waals surface area contributed by atoms with Gasteiger partial charge in [0.05, 0.1) is 29.5 Å². The van der Waals surface area contributed by atoms with Gasteiger partial charge in [0.25, 0.3) is 0 Å². The molecule has 3 N–H and O–H groups in total. The second kappa shape index (κ2) is 5.46. The molecule has 1 heterocycles. The molecule has 0 fully saturated rings. The van der Waals surface area contributed by atoms with Gasteiger partial charge in [-0.05, 0) is 24.3 Å². The van der Waals surface area contributed by atoms with Gasteiger partial charge in [-0.15, -0.1) is 0 Å². The highest BCUT2D eigenvalue weighted by Crippen LogP contribution is 2.24. The first kappa shape index (κ1) is 13.5. The lowest BCUT2D eigenvalue weighted by atomic mass is 10.0. The largest absolute Gasteiger partial charge is 0.508 e. The summed E-state index contributed by atoms with van der Waals surface area (Å²) in [6.07, 6.45) is 7.97. The number of allylic oxidation sites excluding steroid dienone is 4. The number of aromatic nitrogens is 2. The van der Waals surface area contributed by atoms with Crippen molar-refractivity contribution in [2.45, 2.75) is 6.42 Å². The molecule has 0 unspecified atom stereocenters. The Balaban J connectivity index is 1.94. The Kier molecular flexibility index (Phi) is 3.50. The number of phenols is 1. The minimum absolute atomic E-state index is 0.224. The number of hydrogen-bond donors (Lipinski definition) is 2. The van der Waals surface area contributed by atoms with Gasteiger partial charge in [0.15, 0.2) is 0 Å². The smallest absolute Gasteiger partial charge is 0.115 e. The van der Waals surface area contributed by atoms with Gasteiger partial charge in [-0.2, -0.15) is 0 Å². The van der Waals surface area contributed by atoms with Crippen molar-refractivity contribution in [2.24, 2.45) is 5.73 Å².